The van der Waals surface area contributed by atoms with Gasteiger partial charge < -0.3 is 5.32 Å². The number of nitrogens with one attached hydrogen (secondary N) is 1. The van der Waals surface area contributed by atoms with Crippen LogP contribution in [-0.2, 0) is 6.42 Å². The smallest absolute Gasteiger partial charge is 0.269 e. The van der Waals surface area contributed by atoms with Crippen molar-refractivity contribution < 1.29 is 4.92 Å². The van der Waals surface area contributed by atoms with Gasteiger partial charge >= 0.3 is 0 Å². The lowest BCUT2D eigenvalue weighted by Gasteiger charge is -2.06. The summed E-state index contributed by atoms with van der Waals surface area (Å²) in [7, 11) is 0. The zero-order valence-electron chi connectivity index (χ0n) is 11.3. The molecule has 0 aliphatic rings. The van der Waals surface area contributed by atoms with E-state index in [0.29, 0.717) is 0 Å². The summed E-state index contributed by atoms with van der Waals surface area (Å²) in [4.78, 5) is 10.2. The van der Waals surface area contributed by atoms with Gasteiger partial charge in [-0.25, -0.2) is 0 Å². The number of non-ortho nitro benzene ring substituents is 1. The maximum atomic E-state index is 10.6. The van der Waals surface area contributed by atoms with E-state index in [1.165, 1.54) is 10.1 Å². The van der Waals surface area contributed by atoms with Gasteiger partial charge in [0.1, 0.15) is 0 Å². The summed E-state index contributed by atoms with van der Waals surface area (Å²) in [6.07, 6.45) is 0.833. The molecule has 1 heterocycles. The van der Waals surface area contributed by atoms with Crippen LogP contribution in [0.2, 0.25) is 0 Å². The van der Waals surface area contributed by atoms with Crippen LogP contribution < -0.4 is 5.32 Å². The molecule has 5 heteroatoms. The Morgan fingerprint density at radius 2 is 1.90 bits per heavy atom. The van der Waals surface area contributed by atoms with E-state index in [1.807, 2.05) is 12.1 Å². The van der Waals surface area contributed by atoms with Crippen molar-refractivity contribution in [2.45, 2.75) is 6.42 Å². The Hall–Kier alpha value is -2.40. The van der Waals surface area contributed by atoms with Crippen LogP contribution in [0.4, 0.5) is 11.4 Å². The highest BCUT2D eigenvalue weighted by Crippen LogP contribution is 2.24. The minimum atomic E-state index is -0.377. The molecule has 0 fully saturated rings. The Morgan fingerprint density at radius 3 is 2.67 bits per heavy atom. The molecule has 0 bridgehead atoms. The molecular weight excluding hydrogens is 284 g/mol. The zero-order valence-corrected chi connectivity index (χ0v) is 12.1. The van der Waals surface area contributed by atoms with Gasteiger partial charge in [0, 0.05) is 29.1 Å². The Balaban J connectivity index is 1.58. The van der Waals surface area contributed by atoms with E-state index in [-0.39, 0.29) is 10.6 Å². The second-order valence-corrected chi connectivity index (χ2v) is 5.72. The van der Waals surface area contributed by atoms with Crippen LogP contribution in [0.5, 0.6) is 0 Å². The molecule has 0 saturated carbocycles. The SMILES string of the molecule is O=[N+]([O-])c1ccc(CCNc2ccc3sccc3c2)cc1. The van der Waals surface area contributed by atoms with Gasteiger partial charge in [0.25, 0.3) is 5.69 Å². The van der Waals surface area contributed by atoms with Crippen molar-refractivity contribution in [2.24, 2.45) is 0 Å². The third-order valence-electron chi connectivity index (χ3n) is 3.34. The predicted octanol–water partition coefficient (Wildman–Crippen LogP) is 4.46. The van der Waals surface area contributed by atoms with Crippen molar-refractivity contribution in [1.82, 2.24) is 0 Å². The normalized spacial score (nSPS) is 10.7. The first-order chi connectivity index (χ1) is 10.2. The van der Waals surface area contributed by atoms with Crippen LogP contribution in [0.3, 0.4) is 0 Å². The molecule has 0 aliphatic carbocycles. The molecule has 3 rings (SSSR count). The molecule has 1 N–H and O–H groups in total. The number of anilines is 1. The van der Waals surface area contributed by atoms with Crippen LogP contribution in [0.25, 0.3) is 10.1 Å². The maximum absolute atomic E-state index is 10.6. The van der Waals surface area contributed by atoms with Crippen molar-refractivity contribution in [3.05, 3.63) is 69.6 Å². The van der Waals surface area contributed by atoms with Crippen LogP contribution in [-0.4, -0.2) is 11.5 Å². The first-order valence-corrected chi connectivity index (χ1v) is 7.55. The van der Waals surface area contributed by atoms with Crippen molar-refractivity contribution in [1.29, 1.82) is 0 Å². The highest BCUT2D eigenvalue weighted by molar-refractivity contribution is 7.17. The van der Waals surface area contributed by atoms with Crippen LogP contribution >= 0.6 is 11.3 Å². The molecule has 0 radical (unpaired) electrons. The summed E-state index contributed by atoms with van der Waals surface area (Å²) in [5.74, 6) is 0. The molecule has 2 aromatic carbocycles. The molecule has 0 spiro atoms. The number of nitro benzene ring substituents is 1. The minimum Gasteiger partial charge on any atom is -0.385 e. The molecule has 0 saturated heterocycles. The van der Waals surface area contributed by atoms with Gasteiger partial charge in [0.2, 0.25) is 0 Å². The molecule has 0 amide bonds. The number of nitro groups is 1. The average Bonchev–Trinajstić information content (AvgIpc) is 2.95. The summed E-state index contributed by atoms with van der Waals surface area (Å²) in [6, 6.07) is 15.2. The summed E-state index contributed by atoms with van der Waals surface area (Å²) in [6.45, 7) is 0.799. The lowest BCUT2D eigenvalue weighted by Crippen LogP contribution is -2.04. The van der Waals surface area contributed by atoms with Gasteiger partial charge in [0.05, 0.1) is 4.92 Å². The van der Waals surface area contributed by atoms with Crippen molar-refractivity contribution >= 4 is 32.8 Å². The average molecular weight is 298 g/mol. The number of rotatable bonds is 5. The number of benzene rings is 2. The zero-order chi connectivity index (χ0) is 14.7. The Morgan fingerprint density at radius 1 is 1.10 bits per heavy atom. The topological polar surface area (TPSA) is 55.2 Å². The van der Waals surface area contributed by atoms with Crippen LogP contribution in [0.1, 0.15) is 5.56 Å². The third kappa shape index (κ3) is 3.20. The summed E-state index contributed by atoms with van der Waals surface area (Å²) < 4.78 is 1.29. The number of hydrogen-bond acceptors (Lipinski definition) is 4. The van der Waals surface area contributed by atoms with E-state index >= 15 is 0 Å². The standard InChI is InChI=1S/C16H14N2O2S/c19-18(20)15-4-1-12(2-5-15)7-9-17-14-3-6-16-13(11-14)8-10-21-16/h1-6,8,10-11,17H,7,9H2. The summed E-state index contributed by atoms with van der Waals surface area (Å²) in [5, 5.41) is 17.3. The van der Waals surface area contributed by atoms with E-state index in [0.717, 1.165) is 24.2 Å². The van der Waals surface area contributed by atoms with E-state index in [2.05, 4.69) is 35.0 Å². The van der Waals surface area contributed by atoms with E-state index in [1.54, 1.807) is 23.5 Å². The number of hydrogen-bond donors (Lipinski definition) is 1. The van der Waals surface area contributed by atoms with E-state index in [9.17, 15) is 10.1 Å². The molecule has 0 atom stereocenters. The fourth-order valence-corrected chi connectivity index (χ4v) is 2.98. The Kier molecular flexibility index (Phi) is 3.83. The second-order valence-electron chi connectivity index (χ2n) is 4.77. The quantitative estimate of drug-likeness (QED) is 0.558. The highest BCUT2D eigenvalue weighted by atomic mass is 32.1. The first-order valence-electron chi connectivity index (χ1n) is 6.67. The van der Waals surface area contributed by atoms with Gasteiger partial charge in [-0.05, 0) is 47.0 Å². The molecule has 3 aromatic rings. The lowest BCUT2D eigenvalue weighted by atomic mass is 10.1. The Bertz CT molecular complexity index is 765. The van der Waals surface area contributed by atoms with Crippen molar-refractivity contribution in [2.75, 3.05) is 11.9 Å². The molecule has 106 valence electrons. The number of fused-ring (bicyclic) bond motifs is 1. The van der Waals surface area contributed by atoms with Gasteiger partial charge in [-0.3, -0.25) is 10.1 Å². The van der Waals surface area contributed by atoms with Gasteiger partial charge in [-0.1, -0.05) is 12.1 Å². The summed E-state index contributed by atoms with van der Waals surface area (Å²) >= 11 is 1.74. The van der Waals surface area contributed by atoms with E-state index in [4.69, 9.17) is 0 Å². The fraction of sp³-hybridized carbons (Fsp3) is 0.125. The minimum absolute atomic E-state index is 0.134. The summed E-state index contributed by atoms with van der Waals surface area (Å²) in [5.41, 5.74) is 2.32. The molecule has 1 aromatic heterocycles. The largest absolute Gasteiger partial charge is 0.385 e. The van der Waals surface area contributed by atoms with Crippen molar-refractivity contribution in [3.8, 4) is 0 Å². The lowest BCUT2D eigenvalue weighted by molar-refractivity contribution is -0.384. The molecule has 0 unspecified atom stereocenters. The number of thiophene rings is 1. The molecule has 4 nitrogen and oxygen atoms in total. The van der Waals surface area contributed by atoms with Crippen LogP contribution in [0, 0.1) is 10.1 Å². The molecular formula is C16H14N2O2S. The second kappa shape index (κ2) is 5.93. The molecule has 0 aliphatic heterocycles. The van der Waals surface area contributed by atoms with Crippen LogP contribution in [0.15, 0.2) is 53.9 Å². The Labute approximate surface area is 126 Å². The monoisotopic (exact) mass is 298 g/mol. The predicted molar refractivity (Wildman–Crippen MR) is 87.1 cm³/mol. The van der Waals surface area contributed by atoms with Crippen molar-refractivity contribution in [3.63, 3.8) is 0 Å². The molecule has 21 heavy (non-hydrogen) atoms. The number of nitrogens with zero attached hydrogens (tertiary/aromatic N) is 1. The fourth-order valence-electron chi connectivity index (χ4n) is 2.21. The third-order valence-corrected chi connectivity index (χ3v) is 4.24. The maximum Gasteiger partial charge on any atom is 0.269 e. The van der Waals surface area contributed by atoms with Gasteiger partial charge in [0.15, 0.2) is 0 Å². The van der Waals surface area contributed by atoms with Gasteiger partial charge in [-0.2, -0.15) is 0 Å². The van der Waals surface area contributed by atoms with E-state index < -0.39 is 0 Å². The van der Waals surface area contributed by atoms with Gasteiger partial charge in [-0.15, -0.1) is 11.3 Å². The highest BCUT2D eigenvalue weighted by Gasteiger charge is 2.03. The first kappa shape index (κ1) is 13.6.